The maximum absolute atomic E-state index is 12.8. The van der Waals surface area contributed by atoms with Crippen LogP contribution >= 0.6 is 11.3 Å². The van der Waals surface area contributed by atoms with Gasteiger partial charge in [-0.15, -0.1) is 11.3 Å². The molecule has 28 heavy (non-hydrogen) atoms. The van der Waals surface area contributed by atoms with Gasteiger partial charge in [0.15, 0.2) is 0 Å². The fourth-order valence-electron chi connectivity index (χ4n) is 3.62. The molecule has 1 saturated heterocycles. The molecule has 1 atom stereocenters. The molecule has 0 bridgehead atoms. The molecule has 1 aromatic carbocycles. The molecule has 0 radical (unpaired) electrons. The zero-order valence-electron chi connectivity index (χ0n) is 16.5. The van der Waals surface area contributed by atoms with Gasteiger partial charge in [-0.05, 0) is 50.8 Å². The van der Waals surface area contributed by atoms with Gasteiger partial charge >= 0.3 is 0 Å². The summed E-state index contributed by atoms with van der Waals surface area (Å²) in [4.78, 5) is 31.8. The number of piperidine rings is 1. The third kappa shape index (κ3) is 4.97. The Morgan fingerprint density at radius 2 is 2.14 bits per heavy atom. The van der Waals surface area contributed by atoms with Crippen LogP contribution in [0.1, 0.15) is 52.1 Å². The molecule has 2 amide bonds. The quantitative estimate of drug-likeness (QED) is 0.746. The fraction of sp³-hybridized carbons (Fsp3) is 0.476. The predicted molar refractivity (Wildman–Crippen MR) is 112 cm³/mol. The van der Waals surface area contributed by atoms with Crippen LogP contribution in [-0.2, 0) is 17.8 Å². The summed E-state index contributed by atoms with van der Waals surface area (Å²) in [6.07, 6.45) is 3.72. The Morgan fingerprint density at radius 3 is 2.89 bits per heavy atom. The van der Waals surface area contributed by atoms with Crippen molar-refractivity contribution < 1.29 is 9.59 Å². The van der Waals surface area contributed by atoms with Gasteiger partial charge in [0.05, 0.1) is 16.6 Å². The van der Waals surface area contributed by atoms with E-state index in [2.05, 4.69) is 22.1 Å². The van der Waals surface area contributed by atoms with Crippen LogP contribution in [0.15, 0.2) is 24.3 Å². The standard InChI is InChI=1S/C21H28N4O2S/c1-3-7-18-23-14(2)19(28-18)21(27)24-17-10-5-4-8-15(17)12-25-11-6-9-16(13-25)20(22)26/h4-5,8,10,16H,3,6-7,9,11-13H2,1-2H3,(H2,22,26)(H,24,27). The number of anilines is 1. The normalized spacial score (nSPS) is 17.4. The van der Waals surface area contributed by atoms with E-state index >= 15 is 0 Å². The summed E-state index contributed by atoms with van der Waals surface area (Å²) < 4.78 is 0. The number of primary amides is 1. The highest BCUT2D eigenvalue weighted by Crippen LogP contribution is 2.25. The minimum atomic E-state index is -0.227. The fourth-order valence-corrected chi connectivity index (χ4v) is 4.68. The molecular formula is C21H28N4O2S. The molecule has 1 unspecified atom stereocenters. The Bertz CT molecular complexity index is 849. The van der Waals surface area contributed by atoms with Gasteiger partial charge in [-0.1, -0.05) is 25.1 Å². The highest BCUT2D eigenvalue weighted by Gasteiger charge is 2.24. The predicted octanol–water partition coefficient (Wildman–Crippen LogP) is 3.35. The second-order valence-electron chi connectivity index (χ2n) is 7.36. The number of benzene rings is 1. The Kier molecular flexibility index (Phi) is 6.80. The number of nitrogens with zero attached hydrogens (tertiary/aromatic N) is 2. The van der Waals surface area contributed by atoms with Gasteiger partial charge < -0.3 is 11.1 Å². The van der Waals surface area contributed by atoms with Gasteiger partial charge in [0.1, 0.15) is 4.88 Å². The molecule has 1 aliphatic rings. The number of carbonyl (C=O) groups is 2. The third-order valence-electron chi connectivity index (χ3n) is 5.08. The van der Waals surface area contributed by atoms with Crippen molar-refractivity contribution in [2.75, 3.05) is 18.4 Å². The van der Waals surface area contributed by atoms with E-state index in [4.69, 9.17) is 5.73 Å². The van der Waals surface area contributed by atoms with E-state index in [0.29, 0.717) is 18.0 Å². The first kappa shape index (κ1) is 20.5. The van der Waals surface area contributed by atoms with Crippen molar-refractivity contribution in [3.63, 3.8) is 0 Å². The van der Waals surface area contributed by atoms with E-state index in [1.165, 1.54) is 11.3 Å². The molecule has 7 heteroatoms. The van der Waals surface area contributed by atoms with Crippen molar-refractivity contribution in [3.8, 4) is 0 Å². The Balaban J connectivity index is 1.72. The monoisotopic (exact) mass is 400 g/mol. The summed E-state index contributed by atoms with van der Waals surface area (Å²) in [6.45, 7) is 6.28. The first-order valence-electron chi connectivity index (χ1n) is 9.85. The first-order chi connectivity index (χ1) is 13.5. The number of hydrogen-bond acceptors (Lipinski definition) is 5. The van der Waals surface area contributed by atoms with E-state index in [9.17, 15) is 9.59 Å². The molecule has 150 valence electrons. The van der Waals surface area contributed by atoms with Crippen molar-refractivity contribution in [3.05, 3.63) is 45.4 Å². The molecule has 3 N–H and O–H groups in total. The highest BCUT2D eigenvalue weighted by molar-refractivity contribution is 7.13. The van der Waals surface area contributed by atoms with Gasteiger partial charge in [0, 0.05) is 18.8 Å². The van der Waals surface area contributed by atoms with Crippen LogP contribution in [0, 0.1) is 12.8 Å². The summed E-state index contributed by atoms with van der Waals surface area (Å²) in [5.74, 6) is -0.430. The lowest BCUT2D eigenvalue weighted by atomic mass is 9.97. The zero-order chi connectivity index (χ0) is 20.1. The number of thiazole rings is 1. The number of likely N-dealkylation sites (tertiary alicyclic amines) is 1. The first-order valence-corrected chi connectivity index (χ1v) is 10.7. The van der Waals surface area contributed by atoms with Crippen molar-refractivity contribution in [2.45, 2.75) is 46.1 Å². The summed E-state index contributed by atoms with van der Waals surface area (Å²) in [5, 5.41) is 4.06. The number of amides is 2. The van der Waals surface area contributed by atoms with Crippen molar-refractivity contribution in [2.24, 2.45) is 11.7 Å². The lowest BCUT2D eigenvalue weighted by Gasteiger charge is -2.31. The molecule has 0 spiro atoms. The topological polar surface area (TPSA) is 88.3 Å². The summed E-state index contributed by atoms with van der Waals surface area (Å²) in [7, 11) is 0. The van der Waals surface area contributed by atoms with E-state index < -0.39 is 0 Å². The maximum atomic E-state index is 12.8. The minimum Gasteiger partial charge on any atom is -0.369 e. The van der Waals surface area contributed by atoms with Crippen molar-refractivity contribution in [1.82, 2.24) is 9.88 Å². The second kappa shape index (κ2) is 9.30. The molecule has 1 fully saturated rings. The summed E-state index contributed by atoms with van der Waals surface area (Å²) >= 11 is 1.47. The average molecular weight is 401 g/mol. The number of carbonyl (C=O) groups excluding carboxylic acids is 2. The van der Waals surface area contributed by atoms with Crippen LogP contribution in [0.4, 0.5) is 5.69 Å². The second-order valence-corrected chi connectivity index (χ2v) is 8.44. The maximum Gasteiger partial charge on any atom is 0.267 e. The Morgan fingerprint density at radius 1 is 1.36 bits per heavy atom. The summed E-state index contributed by atoms with van der Waals surface area (Å²) in [5.41, 5.74) is 8.12. The largest absolute Gasteiger partial charge is 0.369 e. The van der Waals surface area contributed by atoms with Gasteiger partial charge in [-0.25, -0.2) is 4.98 Å². The van der Waals surface area contributed by atoms with Gasteiger partial charge in [-0.3, -0.25) is 14.5 Å². The summed E-state index contributed by atoms with van der Waals surface area (Å²) in [6, 6.07) is 7.83. The van der Waals surface area contributed by atoms with E-state index in [-0.39, 0.29) is 17.7 Å². The molecule has 2 heterocycles. The number of aromatic nitrogens is 1. The number of nitrogens with two attached hydrogens (primary N) is 1. The van der Waals surface area contributed by atoms with Crippen LogP contribution < -0.4 is 11.1 Å². The van der Waals surface area contributed by atoms with Crippen LogP contribution in [0.5, 0.6) is 0 Å². The SMILES string of the molecule is CCCc1nc(C)c(C(=O)Nc2ccccc2CN2CCCC(C(N)=O)C2)s1. The average Bonchev–Trinajstić information content (AvgIpc) is 3.04. The lowest BCUT2D eigenvalue weighted by Crippen LogP contribution is -2.40. The number of nitrogens with one attached hydrogen (secondary N) is 1. The number of para-hydroxylation sites is 1. The third-order valence-corrected chi connectivity index (χ3v) is 6.29. The number of aryl methyl sites for hydroxylation is 2. The van der Waals surface area contributed by atoms with Crippen molar-refractivity contribution >= 4 is 28.8 Å². The van der Waals surface area contributed by atoms with Crippen molar-refractivity contribution in [1.29, 1.82) is 0 Å². The van der Waals surface area contributed by atoms with Crippen LogP contribution in [0.25, 0.3) is 0 Å². The van der Waals surface area contributed by atoms with Crippen LogP contribution in [-0.4, -0.2) is 34.8 Å². The molecular weight excluding hydrogens is 372 g/mol. The molecule has 6 nitrogen and oxygen atoms in total. The molecule has 2 aromatic rings. The Labute approximate surface area is 170 Å². The van der Waals surface area contributed by atoms with Gasteiger partial charge in [0.2, 0.25) is 5.91 Å². The minimum absolute atomic E-state index is 0.0904. The molecule has 0 aliphatic carbocycles. The number of rotatable bonds is 7. The molecule has 0 saturated carbocycles. The zero-order valence-corrected chi connectivity index (χ0v) is 17.3. The molecule has 1 aliphatic heterocycles. The van der Waals surface area contributed by atoms with Crippen LogP contribution in [0.2, 0.25) is 0 Å². The Hall–Kier alpha value is -2.25. The number of hydrogen-bond donors (Lipinski definition) is 2. The van der Waals surface area contributed by atoms with Crippen LogP contribution in [0.3, 0.4) is 0 Å². The van der Waals surface area contributed by atoms with E-state index in [0.717, 1.165) is 54.2 Å². The lowest BCUT2D eigenvalue weighted by molar-refractivity contribution is -0.123. The van der Waals surface area contributed by atoms with Gasteiger partial charge in [-0.2, -0.15) is 0 Å². The molecule has 3 rings (SSSR count). The van der Waals surface area contributed by atoms with E-state index in [1.807, 2.05) is 31.2 Å². The van der Waals surface area contributed by atoms with Gasteiger partial charge in [0.25, 0.3) is 5.91 Å². The van der Waals surface area contributed by atoms with E-state index in [1.54, 1.807) is 0 Å². The smallest absolute Gasteiger partial charge is 0.267 e. The molecule has 1 aromatic heterocycles. The highest BCUT2D eigenvalue weighted by atomic mass is 32.1.